The Bertz CT molecular complexity index is 600. The second-order valence-electron chi connectivity index (χ2n) is 5.41. The Morgan fingerprint density at radius 2 is 2.09 bits per heavy atom. The molecule has 1 aliphatic rings. The van der Waals surface area contributed by atoms with Gasteiger partial charge in [-0.25, -0.2) is 0 Å². The Labute approximate surface area is 129 Å². The molecule has 0 spiro atoms. The molecule has 0 saturated carbocycles. The number of aromatic nitrogens is 4. The van der Waals surface area contributed by atoms with E-state index < -0.39 is 0 Å². The van der Waals surface area contributed by atoms with Crippen molar-refractivity contribution in [1.82, 2.24) is 24.9 Å². The number of anilines is 1. The van der Waals surface area contributed by atoms with Crippen LogP contribution in [0.2, 0.25) is 0 Å². The monoisotopic (exact) mass is 300 g/mol. The van der Waals surface area contributed by atoms with Gasteiger partial charge in [0, 0.05) is 44.8 Å². The molecule has 116 valence electrons. The minimum atomic E-state index is -0.266. The highest BCUT2D eigenvalue weighted by Gasteiger charge is 2.24. The molecule has 0 aromatic carbocycles. The van der Waals surface area contributed by atoms with Crippen LogP contribution in [0.15, 0.2) is 36.8 Å². The van der Waals surface area contributed by atoms with Crippen LogP contribution in [0, 0.1) is 0 Å². The van der Waals surface area contributed by atoms with E-state index in [9.17, 15) is 4.79 Å². The van der Waals surface area contributed by atoms with Crippen LogP contribution < -0.4 is 4.90 Å². The van der Waals surface area contributed by atoms with Crippen LogP contribution in [0.25, 0.3) is 0 Å². The molecule has 1 saturated heterocycles. The van der Waals surface area contributed by atoms with E-state index in [2.05, 4.69) is 20.2 Å². The molecule has 2 aromatic heterocycles. The van der Waals surface area contributed by atoms with E-state index in [1.165, 1.54) is 0 Å². The number of carbonyl (C=O) groups excluding carboxylic acids is 1. The Hall–Kier alpha value is -2.44. The summed E-state index contributed by atoms with van der Waals surface area (Å²) in [5.74, 6) is 0.988. The van der Waals surface area contributed by atoms with Crippen molar-refractivity contribution >= 4 is 11.7 Å². The Morgan fingerprint density at radius 3 is 2.82 bits per heavy atom. The maximum absolute atomic E-state index is 12.6. The van der Waals surface area contributed by atoms with Gasteiger partial charge in [-0.1, -0.05) is 0 Å². The van der Waals surface area contributed by atoms with Gasteiger partial charge in [0.25, 0.3) is 0 Å². The topological polar surface area (TPSA) is 67.2 Å². The second kappa shape index (κ2) is 6.55. The molecule has 3 heterocycles. The van der Waals surface area contributed by atoms with Crippen LogP contribution in [0.5, 0.6) is 0 Å². The van der Waals surface area contributed by atoms with Crippen LogP contribution in [0.3, 0.4) is 0 Å². The summed E-state index contributed by atoms with van der Waals surface area (Å²) in [5.41, 5.74) is 0. The smallest absolute Gasteiger partial charge is 0.247 e. The van der Waals surface area contributed by atoms with Crippen molar-refractivity contribution in [3.8, 4) is 0 Å². The first-order valence-electron chi connectivity index (χ1n) is 7.56. The Balaban J connectivity index is 1.64. The van der Waals surface area contributed by atoms with E-state index in [1.54, 1.807) is 17.1 Å². The van der Waals surface area contributed by atoms with Crippen molar-refractivity contribution in [2.45, 2.75) is 19.4 Å². The molecule has 0 N–H and O–H groups in total. The van der Waals surface area contributed by atoms with Gasteiger partial charge in [-0.3, -0.25) is 9.48 Å². The van der Waals surface area contributed by atoms with Crippen LogP contribution in [-0.2, 0) is 4.79 Å². The molecular weight excluding hydrogens is 280 g/mol. The summed E-state index contributed by atoms with van der Waals surface area (Å²) in [4.78, 5) is 16.7. The standard InChI is InChI=1S/C15H20N6O/c1-13(21-10-3-7-17-21)15(22)20-9-4-8-19(11-12-20)14-5-2-6-16-18-14/h2-3,5-7,10,13H,4,8-9,11-12H2,1H3/t13-/m0/s1. The fourth-order valence-corrected chi connectivity index (χ4v) is 2.72. The second-order valence-corrected chi connectivity index (χ2v) is 5.41. The summed E-state index contributed by atoms with van der Waals surface area (Å²) in [6.07, 6.45) is 6.12. The molecule has 1 aliphatic heterocycles. The SMILES string of the molecule is C[C@@H](C(=O)N1CCCN(c2cccnn2)CC1)n1cccn1. The maximum atomic E-state index is 12.6. The van der Waals surface area contributed by atoms with Gasteiger partial charge in [-0.15, -0.1) is 5.10 Å². The average molecular weight is 300 g/mol. The third-order valence-electron chi connectivity index (χ3n) is 3.97. The minimum absolute atomic E-state index is 0.115. The van der Waals surface area contributed by atoms with Crippen molar-refractivity contribution < 1.29 is 4.79 Å². The highest BCUT2D eigenvalue weighted by Crippen LogP contribution is 2.15. The molecule has 1 amide bonds. The zero-order valence-corrected chi connectivity index (χ0v) is 12.7. The lowest BCUT2D eigenvalue weighted by Crippen LogP contribution is -2.39. The zero-order valence-electron chi connectivity index (χ0n) is 12.7. The Kier molecular flexibility index (Phi) is 4.32. The van der Waals surface area contributed by atoms with Crippen LogP contribution in [-0.4, -0.2) is 57.0 Å². The van der Waals surface area contributed by atoms with E-state index in [-0.39, 0.29) is 11.9 Å². The van der Waals surface area contributed by atoms with Gasteiger partial charge in [0.1, 0.15) is 6.04 Å². The van der Waals surface area contributed by atoms with Crippen LogP contribution >= 0.6 is 0 Å². The first-order chi connectivity index (χ1) is 10.8. The van der Waals surface area contributed by atoms with E-state index in [1.807, 2.05) is 36.2 Å². The quantitative estimate of drug-likeness (QED) is 0.845. The van der Waals surface area contributed by atoms with E-state index in [0.717, 1.165) is 31.9 Å². The molecule has 0 unspecified atom stereocenters. The average Bonchev–Trinajstić information content (AvgIpc) is 2.99. The molecule has 3 rings (SSSR count). The number of hydrogen-bond acceptors (Lipinski definition) is 5. The van der Waals surface area contributed by atoms with Gasteiger partial charge in [0.2, 0.25) is 5.91 Å². The van der Waals surface area contributed by atoms with Crippen molar-refractivity contribution in [1.29, 1.82) is 0 Å². The molecule has 0 bridgehead atoms. The maximum Gasteiger partial charge on any atom is 0.247 e. The zero-order chi connectivity index (χ0) is 15.4. The van der Waals surface area contributed by atoms with E-state index in [4.69, 9.17) is 0 Å². The van der Waals surface area contributed by atoms with Gasteiger partial charge < -0.3 is 9.80 Å². The van der Waals surface area contributed by atoms with Crippen molar-refractivity contribution in [3.63, 3.8) is 0 Å². The number of nitrogens with zero attached hydrogens (tertiary/aromatic N) is 6. The third kappa shape index (κ3) is 3.08. The van der Waals surface area contributed by atoms with Crippen LogP contribution in [0.1, 0.15) is 19.4 Å². The van der Waals surface area contributed by atoms with Gasteiger partial charge >= 0.3 is 0 Å². The van der Waals surface area contributed by atoms with E-state index >= 15 is 0 Å². The summed E-state index contributed by atoms with van der Waals surface area (Å²) in [6, 6.07) is 5.41. The van der Waals surface area contributed by atoms with E-state index in [0.29, 0.717) is 6.54 Å². The summed E-state index contributed by atoms with van der Waals surface area (Å²) >= 11 is 0. The number of amides is 1. The van der Waals surface area contributed by atoms with Crippen molar-refractivity contribution in [2.75, 3.05) is 31.1 Å². The molecule has 7 nitrogen and oxygen atoms in total. The predicted octanol–water partition coefficient (Wildman–Crippen LogP) is 0.973. The minimum Gasteiger partial charge on any atom is -0.353 e. The molecular formula is C15H20N6O. The molecule has 1 fully saturated rings. The first-order valence-corrected chi connectivity index (χ1v) is 7.56. The highest BCUT2D eigenvalue weighted by atomic mass is 16.2. The van der Waals surface area contributed by atoms with Gasteiger partial charge in [0.15, 0.2) is 5.82 Å². The lowest BCUT2D eigenvalue weighted by atomic mass is 10.2. The molecule has 7 heteroatoms. The van der Waals surface area contributed by atoms with Crippen LogP contribution in [0.4, 0.5) is 5.82 Å². The summed E-state index contributed by atoms with van der Waals surface area (Å²) < 4.78 is 1.70. The predicted molar refractivity (Wildman–Crippen MR) is 82.4 cm³/mol. The normalized spacial score (nSPS) is 17.1. The number of hydrogen-bond donors (Lipinski definition) is 0. The van der Waals surface area contributed by atoms with Gasteiger partial charge in [-0.2, -0.15) is 10.2 Å². The largest absolute Gasteiger partial charge is 0.353 e. The molecule has 2 aromatic rings. The molecule has 0 aliphatic carbocycles. The summed E-state index contributed by atoms with van der Waals surface area (Å²) in [5, 5.41) is 12.2. The fraction of sp³-hybridized carbons (Fsp3) is 0.467. The van der Waals surface area contributed by atoms with Gasteiger partial charge in [-0.05, 0) is 31.5 Å². The molecule has 22 heavy (non-hydrogen) atoms. The number of rotatable bonds is 3. The lowest BCUT2D eigenvalue weighted by molar-refractivity contribution is -0.134. The summed E-state index contributed by atoms with van der Waals surface area (Å²) in [7, 11) is 0. The number of carbonyl (C=O) groups is 1. The molecule has 1 atom stereocenters. The lowest BCUT2D eigenvalue weighted by Gasteiger charge is -2.25. The van der Waals surface area contributed by atoms with Crippen molar-refractivity contribution in [2.24, 2.45) is 0 Å². The van der Waals surface area contributed by atoms with Gasteiger partial charge in [0.05, 0.1) is 0 Å². The highest BCUT2D eigenvalue weighted by molar-refractivity contribution is 5.80. The third-order valence-corrected chi connectivity index (χ3v) is 3.97. The molecule has 0 radical (unpaired) electrons. The van der Waals surface area contributed by atoms with Crippen molar-refractivity contribution in [3.05, 3.63) is 36.8 Å². The summed E-state index contributed by atoms with van der Waals surface area (Å²) in [6.45, 7) is 5.01. The first kappa shape index (κ1) is 14.5. The Morgan fingerprint density at radius 1 is 1.18 bits per heavy atom. The fourth-order valence-electron chi connectivity index (χ4n) is 2.72.